The van der Waals surface area contributed by atoms with Crippen molar-refractivity contribution in [3.63, 3.8) is 0 Å². The lowest BCUT2D eigenvalue weighted by molar-refractivity contribution is -0.131. The summed E-state index contributed by atoms with van der Waals surface area (Å²) in [6.45, 7) is 2.30. The molecule has 8 nitrogen and oxygen atoms in total. The van der Waals surface area contributed by atoms with E-state index in [-0.39, 0.29) is 11.8 Å². The largest absolute Gasteiger partial charge is 0.354 e. The van der Waals surface area contributed by atoms with Crippen molar-refractivity contribution in [1.82, 2.24) is 30.1 Å². The Morgan fingerprint density at radius 2 is 2.08 bits per heavy atom. The minimum absolute atomic E-state index is 0.0172. The van der Waals surface area contributed by atoms with E-state index in [1.54, 1.807) is 29.9 Å². The molecule has 2 aromatic rings. The first-order chi connectivity index (χ1) is 12.0. The Morgan fingerprint density at radius 1 is 1.32 bits per heavy atom. The molecule has 1 aliphatic heterocycles. The molecule has 3 rings (SSSR count). The molecule has 1 saturated heterocycles. The predicted octanol–water partition coefficient (Wildman–Crippen LogP) is -0.112. The number of likely N-dealkylation sites (N-methyl/N-ethyl adjacent to an activating group) is 1. The van der Waals surface area contributed by atoms with E-state index in [0.717, 1.165) is 17.8 Å². The van der Waals surface area contributed by atoms with Gasteiger partial charge in [0.25, 0.3) is 5.91 Å². The van der Waals surface area contributed by atoms with Crippen molar-refractivity contribution < 1.29 is 9.59 Å². The molecule has 1 unspecified atom stereocenters. The molecule has 0 aliphatic carbocycles. The van der Waals surface area contributed by atoms with Crippen LogP contribution in [0.2, 0.25) is 0 Å². The van der Waals surface area contributed by atoms with Crippen LogP contribution in [0.25, 0.3) is 0 Å². The van der Waals surface area contributed by atoms with E-state index >= 15 is 0 Å². The molecule has 0 spiro atoms. The van der Waals surface area contributed by atoms with Gasteiger partial charge in [-0.1, -0.05) is 35.5 Å². The van der Waals surface area contributed by atoms with Crippen molar-refractivity contribution in [3.8, 4) is 0 Å². The molecule has 1 atom stereocenters. The highest BCUT2D eigenvalue weighted by Gasteiger charge is 2.26. The van der Waals surface area contributed by atoms with Crippen molar-refractivity contribution in [3.05, 3.63) is 47.8 Å². The standard InChI is InChI=1S/C17H22N6O2/c1-21(2)17(25)16(13-6-4-3-5-7-13)23-11-14(19-20-23)10-22-9-8-18-15(24)12-22/h3-7,11,16H,8-10,12H2,1-2H3,(H,18,24). The Hall–Kier alpha value is -2.74. The lowest BCUT2D eigenvalue weighted by Gasteiger charge is -2.25. The normalized spacial score (nSPS) is 16.3. The molecular formula is C17H22N6O2. The maximum Gasteiger partial charge on any atom is 0.251 e. The summed E-state index contributed by atoms with van der Waals surface area (Å²) in [7, 11) is 3.45. The van der Waals surface area contributed by atoms with Crippen molar-refractivity contribution in [1.29, 1.82) is 0 Å². The van der Waals surface area contributed by atoms with Crippen molar-refractivity contribution in [2.24, 2.45) is 0 Å². The lowest BCUT2D eigenvalue weighted by atomic mass is 10.1. The van der Waals surface area contributed by atoms with E-state index in [2.05, 4.69) is 15.6 Å². The van der Waals surface area contributed by atoms with E-state index in [1.807, 2.05) is 35.2 Å². The first-order valence-corrected chi connectivity index (χ1v) is 8.20. The lowest BCUT2D eigenvalue weighted by Crippen LogP contribution is -2.47. The van der Waals surface area contributed by atoms with Crippen molar-refractivity contribution in [2.75, 3.05) is 33.7 Å². The van der Waals surface area contributed by atoms with E-state index in [1.165, 1.54) is 0 Å². The number of carbonyl (C=O) groups excluding carboxylic acids is 2. The Bertz CT molecular complexity index is 743. The molecular weight excluding hydrogens is 320 g/mol. The van der Waals surface area contributed by atoms with Gasteiger partial charge in [0.15, 0.2) is 6.04 Å². The van der Waals surface area contributed by atoms with Crippen molar-refractivity contribution in [2.45, 2.75) is 12.6 Å². The summed E-state index contributed by atoms with van der Waals surface area (Å²) in [6.07, 6.45) is 1.78. The minimum atomic E-state index is -0.554. The topological polar surface area (TPSA) is 83.4 Å². The van der Waals surface area contributed by atoms with Gasteiger partial charge in [0.1, 0.15) is 0 Å². The zero-order valence-corrected chi connectivity index (χ0v) is 14.4. The Kier molecular flexibility index (Phi) is 5.08. The highest BCUT2D eigenvalue weighted by molar-refractivity contribution is 5.83. The van der Waals surface area contributed by atoms with Crippen LogP contribution >= 0.6 is 0 Å². The van der Waals surface area contributed by atoms with Crippen LogP contribution < -0.4 is 5.32 Å². The predicted molar refractivity (Wildman–Crippen MR) is 91.6 cm³/mol. The van der Waals surface area contributed by atoms with Gasteiger partial charge in [-0.2, -0.15) is 0 Å². The third-order valence-corrected chi connectivity index (χ3v) is 4.12. The van der Waals surface area contributed by atoms with Gasteiger partial charge in [-0.25, -0.2) is 4.68 Å². The molecule has 1 N–H and O–H groups in total. The number of nitrogens with one attached hydrogen (secondary N) is 1. The van der Waals surface area contributed by atoms with Crippen LogP contribution in [0.5, 0.6) is 0 Å². The molecule has 1 aromatic heterocycles. The summed E-state index contributed by atoms with van der Waals surface area (Å²) in [6, 6.07) is 8.96. The number of piperazine rings is 1. The first kappa shape index (κ1) is 17.1. The molecule has 25 heavy (non-hydrogen) atoms. The number of nitrogens with zero attached hydrogens (tertiary/aromatic N) is 5. The second-order valence-corrected chi connectivity index (χ2v) is 6.30. The summed E-state index contributed by atoms with van der Waals surface area (Å²) >= 11 is 0. The summed E-state index contributed by atoms with van der Waals surface area (Å²) in [4.78, 5) is 27.7. The third kappa shape index (κ3) is 4.03. The van der Waals surface area contributed by atoms with Gasteiger partial charge in [0, 0.05) is 33.7 Å². The summed E-state index contributed by atoms with van der Waals surface area (Å²) in [5, 5.41) is 11.2. The van der Waals surface area contributed by atoms with Gasteiger partial charge in [-0.3, -0.25) is 14.5 Å². The number of benzene rings is 1. The molecule has 1 fully saturated rings. The monoisotopic (exact) mass is 342 g/mol. The van der Waals surface area contributed by atoms with Gasteiger partial charge in [0.2, 0.25) is 5.91 Å². The highest BCUT2D eigenvalue weighted by Crippen LogP contribution is 2.20. The SMILES string of the molecule is CN(C)C(=O)C(c1ccccc1)n1cc(CN2CCNC(=O)C2)nn1. The van der Waals surface area contributed by atoms with Gasteiger partial charge < -0.3 is 10.2 Å². The van der Waals surface area contributed by atoms with Crippen LogP contribution in [0, 0.1) is 0 Å². The van der Waals surface area contributed by atoms with E-state index in [4.69, 9.17) is 0 Å². The van der Waals surface area contributed by atoms with Crippen LogP contribution in [-0.4, -0.2) is 70.3 Å². The maximum atomic E-state index is 12.7. The Balaban J connectivity index is 1.81. The summed E-state index contributed by atoms with van der Waals surface area (Å²) < 4.78 is 1.59. The highest BCUT2D eigenvalue weighted by atomic mass is 16.2. The van der Waals surface area contributed by atoms with E-state index in [0.29, 0.717) is 19.6 Å². The van der Waals surface area contributed by atoms with Crippen LogP contribution in [0.3, 0.4) is 0 Å². The average Bonchev–Trinajstić information content (AvgIpc) is 3.04. The zero-order chi connectivity index (χ0) is 17.8. The molecule has 2 amide bonds. The second-order valence-electron chi connectivity index (χ2n) is 6.30. The number of rotatable bonds is 5. The van der Waals surface area contributed by atoms with E-state index in [9.17, 15) is 9.59 Å². The second kappa shape index (κ2) is 7.43. The first-order valence-electron chi connectivity index (χ1n) is 8.20. The maximum absolute atomic E-state index is 12.7. The number of hydrogen-bond acceptors (Lipinski definition) is 5. The van der Waals surface area contributed by atoms with Crippen LogP contribution in [0.15, 0.2) is 36.5 Å². The fourth-order valence-electron chi connectivity index (χ4n) is 2.86. The number of carbonyl (C=O) groups is 2. The molecule has 1 aliphatic rings. The fourth-order valence-corrected chi connectivity index (χ4v) is 2.86. The molecule has 0 radical (unpaired) electrons. The molecule has 8 heteroatoms. The van der Waals surface area contributed by atoms with Crippen LogP contribution in [-0.2, 0) is 16.1 Å². The smallest absolute Gasteiger partial charge is 0.251 e. The van der Waals surface area contributed by atoms with Crippen LogP contribution in [0.4, 0.5) is 0 Å². The number of aromatic nitrogens is 3. The van der Waals surface area contributed by atoms with Gasteiger partial charge in [0.05, 0.1) is 18.4 Å². The van der Waals surface area contributed by atoms with Gasteiger partial charge in [-0.05, 0) is 5.56 Å². The molecule has 0 bridgehead atoms. The molecule has 2 heterocycles. The number of hydrogen-bond donors (Lipinski definition) is 1. The summed E-state index contributed by atoms with van der Waals surface area (Å²) in [5.41, 5.74) is 1.59. The van der Waals surface area contributed by atoms with Gasteiger partial charge >= 0.3 is 0 Å². The molecule has 0 saturated carbocycles. The zero-order valence-electron chi connectivity index (χ0n) is 14.4. The van der Waals surface area contributed by atoms with Crippen LogP contribution in [0.1, 0.15) is 17.3 Å². The summed E-state index contributed by atoms with van der Waals surface area (Å²) in [5.74, 6) is -0.0522. The van der Waals surface area contributed by atoms with E-state index < -0.39 is 6.04 Å². The third-order valence-electron chi connectivity index (χ3n) is 4.12. The quantitative estimate of drug-likeness (QED) is 0.820. The number of amides is 2. The van der Waals surface area contributed by atoms with Gasteiger partial charge in [-0.15, -0.1) is 5.10 Å². The van der Waals surface area contributed by atoms with Crippen molar-refractivity contribution >= 4 is 11.8 Å². The average molecular weight is 342 g/mol. The minimum Gasteiger partial charge on any atom is -0.354 e. The fraction of sp³-hybridized carbons (Fsp3) is 0.412. The Morgan fingerprint density at radius 3 is 2.76 bits per heavy atom. The molecule has 1 aromatic carbocycles. The Labute approximate surface area is 146 Å². The molecule has 132 valence electrons.